The first-order chi connectivity index (χ1) is 8.61. The maximum atomic E-state index is 11.7. The number of hydrogen-bond donors (Lipinski definition) is 1. The lowest BCUT2D eigenvalue weighted by Crippen LogP contribution is -2.19. The molecule has 0 unspecified atom stereocenters. The number of aromatic carboxylic acids is 1. The summed E-state index contributed by atoms with van der Waals surface area (Å²) in [5.41, 5.74) is 1.38. The van der Waals surface area contributed by atoms with Gasteiger partial charge in [0.1, 0.15) is 0 Å². The highest BCUT2D eigenvalue weighted by Crippen LogP contribution is 2.21. The van der Waals surface area contributed by atoms with Gasteiger partial charge >= 0.3 is 5.97 Å². The summed E-state index contributed by atoms with van der Waals surface area (Å²) in [5.74, 6) is -1.15. The summed E-state index contributed by atoms with van der Waals surface area (Å²) >= 11 is 0. The molecule has 0 saturated heterocycles. The van der Waals surface area contributed by atoms with Crippen LogP contribution in [-0.4, -0.2) is 36.4 Å². The Balaban J connectivity index is 2.21. The maximum Gasteiger partial charge on any atom is 0.335 e. The van der Waals surface area contributed by atoms with Crippen LogP contribution >= 0.6 is 0 Å². The molecule has 0 saturated carbocycles. The minimum atomic E-state index is -1.00. The molecular formula is C12H12N2O4. The fourth-order valence-corrected chi connectivity index (χ4v) is 1.68. The molecule has 0 radical (unpaired) electrons. The number of carbonyl (C=O) groups excluding carboxylic acids is 1. The molecule has 1 amide bonds. The Morgan fingerprint density at radius 1 is 1.44 bits per heavy atom. The smallest absolute Gasteiger partial charge is 0.335 e. The summed E-state index contributed by atoms with van der Waals surface area (Å²) in [6, 6.07) is 5.99. The third kappa shape index (κ3) is 2.38. The van der Waals surface area contributed by atoms with Crippen molar-refractivity contribution in [2.45, 2.75) is 6.42 Å². The molecule has 2 rings (SSSR count). The molecule has 94 valence electrons. The second kappa shape index (κ2) is 4.97. The zero-order chi connectivity index (χ0) is 13.1. The number of benzene rings is 1. The van der Waals surface area contributed by atoms with Gasteiger partial charge in [-0.05, 0) is 24.3 Å². The first-order valence-electron chi connectivity index (χ1n) is 5.33. The molecule has 18 heavy (non-hydrogen) atoms. The standard InChI is InChI=1S/C12H12N2O4/c1-18-7-9-6-11(15)14(13-9)10-4-2-8(3-5-10)12(16)17/h2-5H,6-7H2,1H3,(H,16,17). The molecule has 1 aromatic rings. The molecule has 1 aliphatic heterocycles. The minimum Gasteiger partial charge on any atom is -0.478 e. The molecule has 6 heteroatoms. The van der Waals surface area contributed by atoms with Crippen LogP contribution in [0.4, 0.5) is 5.69 Å². The predicted octanol–water partition coefficient (Wildman–Crippen LogP) is 1.12. The molecular weight excluding hydrogens is 236 g/mol. The lowest BCUT2D eigenvalue weighted by atomic mass is 10.2. The fourth-order valence-electron chi connectivity index (χ4n) is 1.68. The Hall–Kier alpha value is -2.21. The lowest BCUT2D eigenvalue weighted by molar-refractivity contribution is -0.116. The van der Waals surface area contributed by atoms with Crippen LogP contribution in [0.15, 0.2) is 29.4 Å². The van der Waals surface area contributed by atoms with Crippen LogP contribution in [0.2, 0.25) is 0 Å². The zero-order valence-electron chi connectivity index (χ0n) is 9.79. The number of carboxylic acids is 1. The van der Waals surface area contributed by atoms with Gasteiger partial charge in [0.25, 0.3) is 5.91 Å². The van der Waals surface area contributed by atoms with Crippen molar-refractivity contribution in [3.05, 3.63) is 29.8 Å². The number of hydrogen-bond acceptors (Lipinski definition) is 4. The van der Waals surface area contributed by atoms with Crippen molar-refractivity contribution < 1.29 is 19.4 Å². The van der Waals surface area contributed by atoms with Crippen LogP contribution in [0, 0.1) is 0 Å². The average Bonchev–Trinajstić information content (AvgIpc) is 2.71. The number of carboxylic acid groups (broad SMARTS) is 1. The largest absolute Gasteiger partial charge is 0.478 e. The van der Waals surface area contributed by atoms with E-state index in [4.69, 9.17) is 9.84 Å². The van der Waals surface area contributed by atoms with Crippen LogP contribution in [0.1, 0.15) is 16.8 Å². The van der Waals surface area contributed by atoms with E-state index in [1.54, 1.807) is 12.1 Å². The SMILES string of the molecule is COCC1=NN(c2ccc(C(=O)O)cc2)C(=O)C1. The normalized spacial score (nSPS) is 14.8. The van der Waals surface area contributed by atoms with E-state index < -0.39 is 5.97 Å². The van der Waals surface area contributed by atoms with E-state index in [0.717, 1.165) is 0 Å². The molecule has 0 aromatic heterocycles. The molecule has 0 spiro atoms. The highest BCUT2D eigenvalue weighted by atomic mass is 16.5. The second-order valence-corrected chi connectivity index (χ2v) is 3.83. The quantitative estimate of drug-likeness (QED) is 0.866. The first-order valence-corrected chi connectivity index (χ1v) is 5.33. The Kier molecular flexibility index (Phi) is 3.38. The summed E-state index contributed by atoms with van der Waals surface area (Å²) in [6.07, 6.45) is 0.231. The summed E-state index contributed by atoms with van der Waals surface area (Å²) < 4.78 is 4.92. The number of nitrogens with zero attached hydrogens (tertiary/aromatic N) is 2. The molecule has 0 aliphatic carbocycles. The first kappa shape index (κ1) is 12.3. The molecule has 1 aliphatic rings. The number of anilines is 1. The van der Waals surface area contributed by atoms with E-state index in [9.17, 15) is 9.59 Å². The van der Waals surface area contributed by atoms with Crippen molar-refractivity contribution in [2.24, 2.45) is 5.10 Å². The van der Waals surface area contributed by atoms with Crippen molar-refractivity contribution in [1.82, 2.24) is 0 Å². The van der Waals surface area contributed by atoms with E-state index in [-0.39, 0.29) is 17.9 Å². The van der Waals surface area contributed by atoms with Crippen LogP contribution in [-0.2, 0) is 9.53 Å². The van der Waals surface area contributed by atoms with E-state index >= 15 is 0 Å². The van der Waals surface area contributed by atoms with Gasteiger partial charge in [-0.2, -0.15) is 5.10 Å². The number of methoxy groups -OCH3 is 1. The highest BCUT2D eigenvalue weighted by molar-refractivity contribution is 6.13. The second-order valence-electron chi connectivity index (χ2n) is 3.83. The Morgan fingerprint density at radius 3 is 2.67 bits per heavy atom. The summed E-state index contributed by atoms with van der Waals surface area (Å²) in [7, 11) is 1.54. The van der Waals surface area contributed by atoms with Crippen molar-refractivity contribution in [3.8, 4) is 0 Å². The van der Waals surface area contributed by atoms with Crippen LogP contribution in [0.5, 0.6) is 0 Å². The summed E-state index contributed by atoms with van der Waals surface area (Å²) in [6.45, 7) is 0.315. The topological polar surface area (TPSA) is 79.2 Å². The van der Waals surface area contributed by atoms with Crippen molar-refractivity contribution >= 4 is 23.3 Å². The Morgan fingerprint density at radius 2 is 2.11 bits per heavy atom. The number of hydrazone groups is 1. The van der Waals surface area contributed by atoms with Gasteiger partial charge in [0, 0.05) is 7.11 Å². The van der Waals surface area contributed by atoms with Crippen molar-refractivity contribution in [2.75, 3.05) is 18.7 Å². The zero-order valence-corrected chi connectivity index (χ0v) is 9.79. The van der Waals surface area contributed by atoms with Gasteiger partial charge in [-0.15, -0.1) is 0 Å². The fraction of sp³-hybridized carbons (Fsp3) is 0.250. The van der Waals surface area contributed by atoms with E-state index in [0.29, 0.717) is 18.0 Å². The molecule has 6 nitrogen and oxygen atoms in total. The van der Waals surface area contributed by atoms with Crippen LogP contribution in [0.25, 0.3) is 0 Å². The van der Waals surface area contributed by atoms with Gasteiger partial charge in [0.15, 0.2) is 0 Å². The maximum absolute atomic E-state index is 11.7. The molecule has 1 aromatic carbocycles. The number of rotatable bonds is 4. The van der Waals surface area contributed by atoms with Crippen molar-refractivity contribution in [1.29, 1.82) is 0 Å². The minimum absolute atomic E-state index is 0.148. The van der Waals surface area contributed by atoms with Gasteiger partial charge in [0.05, 0.1) is 30.0 Å². The highest BCUT2D eigenvalue weighted by Gasteiger charge is 2.24. The lowest BCUT2D eigenvalue weighted by Gasteiger charge is -2.11. The van der Waals surface area contributed by atoms with E-state index in [2.05, 4.69) is 5.10 Å². The Bertz CT molecular complexity index is 507. The average molecular weight is 248 g/mol. The van der Waals surface area contributed by atoms with Gasteiger partial charge < -0.3 is 9.84 Å². The number of carbonyl (C=O) groups is 2. The van der Waals surface area contributed by atoms with Crippen LogP contribution in [0.3, 0.4) is 0 Å². The van der Waals surface area contributed by atoms with Crippen LogP contribution < -0.4 is 5.01 Å². The third-order valence-electron chi connectivity index (χ3n) is 2.50. The van der Waals surface area contributed by atoms with Crippen molar-refractivity contribution in [3.63, 3.8) is 0 Å². The van der Waals surface area contributed by atoms with Gasteiger partial charge in [-0.25, -0.2) is 9.80 Å². The number of ether oxygens (including phenoxy) is 1. The van der Waals surface area contributed by atoms with Gasteiger partial charge in [-0.3, -0.25) is 4.79 Å². The van der Waals surface area contributed by atoms with E-state index in [1.807, 2.05) is 0 Å². The van der Waals surface area contributed by atoms with Gasteiger partial charge in [-0.1, -0.05) is 0 Å². The Labute approximate surface area is 103 Å². The summed E-state index contributed by atoms with van der Waals surface area (Å²) in [5, 5.41) is 14.2. The molecule has 1 N–H and O–H groups in total. The van der Waals surface area contributed by atoms with E-state index in [1.165, 1.54) is 24.3 Å². The number of amides is 1. The molecule has 1 heterocycles. The molecule has 0 fully saturated rings. The monoisotopic (exact) mass is 248 g/mol. The molecule has 0 bridgehead atoms. The molecule has 0 atom stereocenters. The third-order valence-corrected chi connectivity index (χ3v) is 2.50. The predicted molar refractivity (Wildman–Crippen MR) is 64.8 cm³/mol. The van der Waals surface area contributed by atoms with Gasteiger partial charge in [0.2, 0.25) is 0 Å². The summed E-state index contributed by atoms with van der Waals surface area (Å²) in [4.78, 5) is 22.4.